The Balaban J connectivity index is 2.46. The standard InChI is InChI=1S/C11H20O3/c1-10(2,3)14-6-7-8(9(12)13)11(7,4)5/h7-8H,6H2,1-5H3,(H,12,13)/t7-,8+/m1/s1. The highest BCUT2D eigenvalue weighted by molar-refractivity contribution is 5.75. The van der Waals surface area contributed by atoms with Gasteiger partial charge >= 0.3 is 5.97 Å². The topological polar surface area (TPSA) is 46.5 Å². The molecule has 1 rings (SSSR count). The summed E-state index contributed by atoms with van der Waals surface area (Å²) in [6, 6.07) is 0. The first-order chi connectivity index (χ1) is 6.16. The van der Waals surface area contributed by atoms with Crippen LogP contribution in [0.5, 0.6) is 0 Å². The lowest BCUT2D eigenvalue weighted by Crippen LogP contribution is -2.21. The van der Waals surface area contributed by atoms with E-state index in [1.165, 1.54) is 0 Å². The fourth-order valence-electron chi connectivity index (χ4n) is 1.89. The largest absolute Gasteiger partial charge is 0.481 e. The van der Waals surface area contributed by atoms with Crippen LogP contribution in [0.1, 0.15) is 34.6 Å². The molecule has 2 atom stereocenters. The lowest BCUT2D eigenvalue weighted by Gasteiger charge is -2.19. The fraction of sp³-hybridized carbons (Fsp3) is 0.909. The predicted molar refractivity (Wildman–Crippen MR) is 54.1 cm³/mol. The number of hydrogen-bond acceptors (Lipinski definition) is 2. The second-order valence-corrected chi connectivity index (χ2v) is 5.67. The van der Waals surface area contributed by atoms with Crippen molar-refractivity contribution in [1.29, 1.82) is 0 Å². The highest BCUT2D eigenvalue weighted by atomic mass is 16.5. The van der Waals surface area contributed by atoms with Crippen molar-refractivity contribution in [3.8, 4) is 0 Å². The van der Waals surface area contributed by atoms with Crippen molar-refractivity contribution < 1.29 is 14.6 Å². The van der Waals surface area contributed by atoms with Crippen molar-refractivity contribution in [2.75, 3.05) is 6.61 Å². The van der Waals surface area contributed by atoms with E-state index < -0.39 is 5.97 Å². The van der Waals surface area contributed by atoms with Gasteiger partial charge in [-0.2, -0.15) is 0 Å². The van der Waals surface area contributed by atoms with Gasteiger partial charge in [-0.3, -0.25) is 4.79 Å². The maximum absolute atomic E-state index is 10.9. The van der Waals surface area contributed by atoms with E-state index in [9.17, 15) is 4.79 Å². The molecule has 0 radical (unpaired) electrons. The molecule has 1 N–H and O–H groups in total. The van der Waals surface area contributed by atoms with Crippen molar-refractivity contribution in [1.82, 2.24) is 0 Å². The molecule has 0 spiro atoms. The van der Waals surface area contributed by atoms with Crippen LogP contribution in [0, 0.1) is 17.3 Å². The number of carbonyl (C=O) groups is 1. The van der Waals surface area contributed by atoms with Gasteiger partial charge < -0.3 is 9.84 Å². The molecule has 0 saturated heterocycles. The summed E-state index contributed by atoms with van der Waals surface area (Å²) in [5.41, 5.74) is -0.279. The predicted octanol–water partition coefficient (Wildman–Crippen LogP) is 2.16. The Morgan fingerprint density at radius 1 is 1.43 bits per heavy atom. The average Bonchev–Trinajstić information content (AvgIpc) is 2.47. The van der Waals surface area contributed by atoms with E-state index in [0.717, 1.165) is 0 Å². The van der Waals surface area contributed by atoms with Crippen molar-refractivity contribution in [2.45, 2.75) is 40.2 Å². The zero-order chi connectivity index (χ0) is 11.1. The van der Waals surface area contributed by atoms with Gasteiger partial charge in [0.25, 0.3) is 0 Å². The number of ether oxygens (including phenoxy) is 1. The van der Waals surface area contributed by atoms with Gasteiger partial charge in [-0.15, -0.1) is 0 Å². The lowest BCUT2D eigenvalue weighted by atomic mass is 10.1. The van der Waals surface area contributed by atoms with Gasteiger partial charge in [0.05, 0.1) is 18.1 Å². The van der Waals surface area contributed by atoms with Crippen LogP contribution in [0.4, 0.5) is 0 Å². The summed E-state index contributed by atoms with van der Waals surface area (Å²) >= 11 is 0. The molecule has 82 valence electrons. The van der Waals surface area contributed by atoms with E-state index in [1.54, 1.807) is 0 Å². The smallest absolute Gasteiger partial charge is 0.307 e. The Hall–Kier alpha value is -0.570. The molecular weight excluding hydrogens is 180 g/mol. The molecule has 0 aromatic heterocycles. The number of carboxylic acid groups (broad SMARTS) is 1. The zero-order valence-electron chi connectivity index (χ0n) is 9.63. The molecule has 0 unspecified atom stereocenters. The first-order valence-corrected chi connectivity index (χ1v) is 5.03. The maximum atomic E-state index is 10.9. The molecule has 0 aromatic rings. The van der Waals surface area contributed by atoms with Crippen molar-refractivity contribution >= 4 is 5.97 Å². The minimum atomic E-state index is -0.697. The average molecular weight is 200 g/mol. The molecule has 1 fully saturated rings. The summed E-state index contributed by atoms with van der Waals surface area (Å²) in [4.78, 5) is 10.9. The van der Waals surface area contributed by atoms with E-state index >= 15 is 0 Å². The van der Waals surface area contributed by atoms with E-state index in [4.69, 9.17) is 9.84 Å². The molecule has 0 amide bonds. The van der Waals surface area contributed by atoms with Gasteiger partial charge in [-0.1, -0.05) is 13.8 Å². The summed E-state index contributed by atoms with van der Waals surface area (Å²) in [5.74, 6) is -0.762. The van der Waals surface area contributed by atoms with Gasteiger partial charge in [0.1, 0.15) is 0 Å². The zero-order valence-corrected chi connectivity index (χ0v) is 9.63. The summed E-state index contributed by atoms with van der Waals surface area (Å²) in [7, 11) is 0. The van der Waals surface area contributed by atoms with Crippen molar-refractivity contribution in [3.05, 3.63) is 0 Å². The summed E-state index contributed by atoms with van der Waals surface area (Å²) in [6.07, 6.45) is 0. The van der Waals surface area contributed by atoms with E-state index in [2.05, 4.69) is 0 Å². The molecule has 0 aliphatic heterocycles. The Morgan fingerprint density at radius 2 is 1.93 bits per heavy atom. The first kappa shape index (κ1) is 11.5. The third-order valence-electron chi connectivity index (χ3n) is 3.01. The summed E-state index contributed by atoms with van der Waals surface area (Å²) in [6.45, 7) is 10.5. The molecule has 1 saturated carbocycles. The normalized spacial score (nSPS) is 30.1. The van der Waals surface area contributed by atoms with Crippen LogP contribution in [-0.4, -0.2) is 23.3 Å². The Bertz CT molecular complexity index is 237. The molecule has 0 aromatic carbocycles. The van der Waals surface area contributed by atoms with Gasteiger partial charge in [-0.25, -0.2) is 0 Å². The van der Waals surface area contributed by atoms with Crippen molar-refractivity contribution in [3.63, 3.8) is 0 Å². The molecule has 0 heterocycles. The maximum Gasteiger partial charge on any atom is 0.307 e. The monoisotopic (exact) mass is 200 g/mol. The summed E-state index contributed by atoms with van der Waals surface area (Å²) < 4.78 is 5.61. The van der Waals surface area contributed by atoms with Crippen LogP contribution >= 0.6 is 0 Å². The number of carboxylic acids is 1. The molecule has 0 bridgehead atoms. The van der Waals surface area contributed by atoms with E-state index in [1.807, 2.05) is 34.6 Å². The molecule has 3 nitrogen and oxygen atoms in total. The van der Waals surface area contributed by atoms with Crippen LogP contribution in [0.3, 0.4) is 0 Å². The minimum Gasteiger partial charge on any atom is -0.481 e. The number of aliphatic carboxylic acids is 1. The number of rotatable bonds is 3. The van der Waals surface area contributed by atoms with Crippen LogP contribution in [0.15, 0.2) is 0 Å². The van der Waals surface area contributed by atoms with Crippen LogP contribution < -0.4 is 0 Å². The third kappa shape index (κ3) is 2.27. The molecular formula is C11H20O3. The summed E-state index contributed by atoms with van der Waals surface area (Å²) in [5, 5.41) is 8.93. The SMILES string of the molecule is CC(C)(C)OC[C@@H]1[C@@H](C(=O)O)C1(C)C. The molecule has 3 heteroatoms. The van der Waals surface area contributed by atoms with Crippen LogP contribution in [-0.2, 0) is 9.53 Å². The second kappa shape index (κ2) is 3.23. The number of hydrogen-bond donors (Lipinski definition) is 1. The third-order valence-corrected chi connectivity index (χ3v) is 3.01. The van der Waals surface area contributed by atoms with E-state index in [-0.39, 0.29) is 22.9 Å². The van der Waals surface area contributed by atoms with Crippen LogP contribution in [0.2, 0.25) is 0 Å². The van der Waals surface area contributed by atoms with Gasteiger partial charge in [-0.05, 0) is 26.2 Å². The van der Waals surface area contributed by atoms with Gasteiger partial charge in [0.2, 0.25) is 0 Å². The highest BCUT2D eigenvalue weighted by Gasteiger charge is 2.62. The Labute approximate surface area is 85.5 Å². The fourth-order valence-corrected chi connectivity index (χ4v) is 1.89. The Kier molecular flexibility index (Phi) is 2.65. The Morgan fingerprint density at radius 3 is 2.21 bits per heavy atom. The first-order valence-electron chi connectivity index (χ1n) is 5.03. The van der Waals surface area contributed by atoms with Crippen LogP contribution in [0.25, 0.3) is 0 Å². The molecule has 14 heavy (non-hydrogen) atoms. The highest BCUT2D eigenvalue weighted by Crippen LogP contribution is 2.58. The van der Waals surface area contributed by atoms with Gasteiger partial charge in [0.15, 0.2) is 0 Å². The minimum absolute atomic E-state index is 0.100. The molecule has 1 aliphatic carbocycles. The quantitative estimate of drug-likeness (QED) is 0.759. The van der Waals surface area contributed by atoms with Crippen molar-refractivity contribution in [2.24, 2.45) is 17.3 Å². The van der Waals surface area contributed by atoms with Gasteiger partial charge in [0, 0.05) is 5.92 Å². The second-order valence-electron chi connectivity index (χ2n) is 5.67. The van der Waals surface area contributed by atoms with E-state index in [0.29, 0.717) is 6.61 Å². The molecule has 1 aliphatic rings. The lowest BCUT2D eigenvalue weighted by molar-refractivity contribution is -0.139.